The van der Waals surface area contributed by atoms with Crippen LogP contribution in [0.15, 0.2) is 10.6 Å². The number of hydrogen-bond acceptors (Lipinski definition) is 8. The third-order valence-electron chi connectivity index (χ3n) is 6.47. The molecule has 180 valence electrons. The Labute approximate surface area is 192 Å². The first-order chi connectivity index (χ1) is 14.9. The molecule has 0 spiro atoms. The predicted octanol–water partition coefficient (Wildman–Crippen LogP) is -0.679. The largest absolute Gasteiger partial charge is 0.477 e. The monoisotopic (exact) mass is 488 g/mol. The third kappa shape index (κ3) is 4.55. The highest BCUT2D eigenvalue weighted by molar-refractivity contribution is 8.03. The molecule has 0 radical (unpaired) electrons. The molecule has 3 heterocycles. The van der Waals surface area contributed by atoms with Crippen molar-refractivity contribution in [3.05, 3.63) is 10.6 Å². The molecule has 32 heavy (non-hydrogen) atoms. The molecule has 3 aliphatic rings. The Balaban J connectivity index is 1.76. The lowest BCUT2D eigenvalue weighted by molar-refractivity contribution is -0.159. The van der Waals surface area contributed by atoms with Gasteiger partial charge in [-0.3, -0.25) is 9.59 Å². The maximum atomic E-state index is 12.9. The van der Waals surface area contributed by atoms with E-state index >= 15 is 0 Å². The summed E-state index contributed by atoms with van der Waals surface area (Å²) in [5, 5.41) is 13.1. The van der Waals surface area contributed by atoms with Gasteiger partial charge >= 0.3 is 5.97 Å². The molecule has 0 aliphatic carbocycles. The number of β-lactam (4-membered cyclic amide) rings is 1. The highest BCUT2D eigenvalue weighted by Crippen LogP contribution is 2.52. The summed E-state index contributed by atoms with van der Waals surface area (Å²) < 4.78 is 24.4. The minimum Gasteiger partial charge on any atom is -0.477 e. The molecule has 2 amide bonds. The van der Waals surface area contributed by atoms with Crippen molar-refractivity contribution in [2.75, 3.05) is 38.7 Å². The van der Waals surface area contributed by atoms with Gasteiger partial charge in [-0.05, 0) is 12.3 Å². The van der Waals surface area contributed by atoms with E-state index in [-0.39, 0.29) is 58.8 Å². The topological polar surface area (TPSA) is 150 Å². The van der Waals surface area contributed by atoms with Crippen LogP contribution < -0.4 is 11.1 Å². The normalized spacial score (nSPS) is 30.8. The molecule has 10 nitrogen and oxygen atoms in total. The van der Waals surface area contributed by atoms with Gasteiger partial charge in [-0.2, -0.15) is 0 Å². The first kappa shape index (κ1) is 25.0. The molecule has 6 atom stereocenters. The lowest BCUT2D eigenvalue weighted by atomic mass is 9.75. The second kappa shape index (κ2) is 9.32. The van der Waals surface area contributed by atoms with Crippen molar-refractivity contribution >= 4 is 39.4 Å². The minimum absolute atomic E-state index is 0.00491. The molecular formula is C20H32N4O6S2. The van der Waals surface area contributed by atoms with Crippen LogP contribution in [0.2, 0.25) is 0 Å². The van der Waals surface area contributed by atoms with Gasteiger partial charge in [0.05, 0.1) is 29.5 Å². The highest BCUT2D eigenvalue weighted by atomic mass is 32.2. The van der Waals surface area contributed by atoms with Crippen molar-refractivity contribution in [1.82, 2.24) is 15.1 Å². The lowest BCUT2D eigenvalue weighted by Gasteiger charge is -2.47. The molecule has 4 N–H and O–H groups in total. The van der Waals surface area contributed by atoms with Crippen molar-refractivity contribution < 1.29 is 27.9 Å². The van der Waals surface area contributed by atoms with Gasteiger partial charge < -0.3 is 26.0 Å². The quantitative estimate of drug-likeness (QED) is 0.359. The fraction of sp³-hybridized carbons (Fsp3) is 0.750. The second-order valence-corrected chi connectivity index (χ2v) is 12.7. The Morgan fingerprint density at radius 2 is 2.03 bits per heavy atom. The highest BCUT2D eigenvalue weighted by Gasteiger charge is 2.60. The van der Waals surface area contributed by atoms with Crippen molar-refractivity contribution in [1.29, 1.82) is 0 Å². The molecule has 0 bridgehead atoms. The van der Waals surface area contributed by atoms with Crippen molar-refractivity contribution in [2.24, 2.45) is 23.5 Å². The van der Waals surface area contributed by atoms with Crippen LogP contribution in [0.3, 0.4) is 0 Å². The molecule has 3 rings (SSSR count). The molecule has 2 fully saturated rings. The Kier molecular flexibility index (Phi) is 7.28. The van der Waals surface area contributed by atoms with Gasteiger partial charge in [-0.15, -0.1) is 11.8 Å². The number of aliphatic carboxylic acids is 1. The molecule has 2 unspecified atom stereocenters. The summed E-state index contributed by atoms with van der Waals surface area (Å²) in [5.74, 6) is -3.01. The minimum atomic E-state index is -3.38. The number of nitrogens with zero attached hydrogens (tertiary/aromatic N) is 2. The van der Waals surface area contributed by atoms with Gasteiger partial charge in [-0.1, -0.05) is 13.8 Å². The predicted molar refractivity (Wildman–Crippen MR) is 121 cm³/mol. The van der Waals surface area contributed by atoms with Gasteiger partial charge in [0, 0.05) is 43.3 Å². The van der Waals surface area contributed by atoms with E-state index in [2.05, 4.69) is 5.32 Å². The summed E-state index contributed by atoms with van der Waals surface area (Å²) >= 11 is 1.41. The molecule has 2 saturated heterocycles. The van der Waals surface area contributed by atoms with E-state index in [0.29, 0.717) is 17.9 Å². The number of fused-ring (bicyclic) bond motifs is 1. The van der Waals surface area contributed by atoms with Gasteiger partial charge in [0.1, 0.15) is 5.70 Å². The first-order valence-corrected chi connectivity index (χ1v) is 13.4. The Morgan fingerprint density at radius 3 is 2.59 bits per heavy atom. The number of sulfone groups is 1. The maximum Gasteiger partial charge on any atom is 0.353 e. The number of carboxylic acids is 1. The zero-order chi connectivity index (χ0) is 24.0. The van der Waals surface area contributed by atoms with E-state index in [4.69, 9.17) is 5.73 Å². The van der Waals surface area contributed by atoms with E-state index in [0.717, 1.165) is 0 Å². The Bertz CT molecular complexity index is 934. The van der Waals surface area contributed by atoms with Gasteiger partial charge in [0.25, 0.3) is 0 Å². The average molecular weight is 489 g/mol. The molecule has 0 aromatic carbocycles. The number of carbonyl (C=O) groups is 3. The standard InChI is InChI=1S/C20H32N4O6S2/c1-10(9-32(29,30)6-5-21)14-15-11(2)17(16(20(27)28)24(15)19(14)26)31-12-7-13(22-8-12)18(25)23(3)4/h10-15,22H,5-9,21H2,1-4H3,(H,27,28)/t10-,11+,12?,13?,14+,15-/m0/s1. The van der Waals surface area contributed by atoms with E-state index < -0.39 is 27.6 Å². The zero-order valence-corrected chi connectivity index (χ0v) is 20.4. The zero-order valence-electron chi connectivity index (χ0n) is 18.8. The van der Waals surface area contributed by atoms with E-state index in [9.17, 15) is 27.9 Å². The number of nitrogens with two attached hydrogens (primary N) is 1. The molecule has 0 aromatic heterocycles. The van der Waals surface area contributed by atoms with Crippen LogP contribution in [0.4, 0.5) is 0 Å². The number of amides is 2. The molecule has 3 aliphatic heterocycles. The van der Waals surface area contributed by atoms with Crippen LogP contribution in [0.5, 0.6) is 0 Å². The molecule has 0 saturated carbocycles. The number of carboxylic acid groups (broad SMARTS) is 1. The maximum absolute atomic E-state index is 12.9. The Morgan fingerprint density at radius 1 is 1.38 bits per heavy atom. The number of likely N-dealkylation sites (N-methyl/N-ethyl adjacent to an activating group) is 1. The van der Waals surface area contributed by atoms with Crippen molar-refractivity contribution in [3.8, 4) is 0 Å². The third-order valence-corrected chi connectivity index (χ3v) is 9.88. The van der Waals surface area contributed by atoms with Crippen LogP contribution in [0.25, 0.3) is 0 Å². The van der Waals surface area contributed by atoms with E-state index in [1.54, 1.807) is 21.0 Å². The smallest absolute Gasteiger partial charge is 0.353 e. The summed E-state index contributed by atoms with van der Waals surface area (Å²) in [4.78, 5) is 40.7. The number of hydrogen-bond donors (Lipinski definition) is 3. The summed E-state index contributed by atoms with van der Waals surface area (Å²) in [6, 6.07) is -0.681. The summed E-state index contributed by atoms with van der Waals surface area (Å²) in [6.45, 7) is 4.21. The van der Waals surface area contributed by atoms with Gasteiger partial charge in [0.2, 0.25) is 11.8 Å². The van der Waals surface area contributed by atoms with Crippen LogP contribution in [0, 0.1) is 17.8 Å². The van der Waals surface area contributed by atoms with Crippen LogP contribution in [0.1, 0.15) is 20.3 Å². The van der Waals surface area contributed by atoms with Crippen molar-refractivity contribution in [3.63, 3.8) is 0 Å². The summed E-state index contributed by atoms with van der Waals surface area (Å²) in [6.07, 6.45) is 0.570. The second-order valence-electron chi connectivity index (χ2n) is 9.08. The van der Waals surface area contributed by atoms with Gasteiger partial charge in [0.15, 0.2) is 9.84 Å². The molecular weight excluding hydrogens is 456 g/mol. The van der Waals surface area contributed by atoms with Gasteiger partial charge in [-0.25, -0.2) is 13.2 Å². The number of rotatable bonds is 9. The van der Waals surface area contributed by atoms with Crippen LogP contribution >= 0.6 is 11.8 Å². The van der Waals surface area contributed by atoms with Crippen molar-refractivity contribution in [2.45, 2.75) is 37.6 Å². The average Bonchev–Trinajstić information content (AvgIpc) is 3.23. The number of nitrogens with one attached hydrogen (secondary N) is 1. The summed E-state index contributed by atoms with van der Waals surface area (Å²) in [7, 11) is 0.00913. The van der Waals surface area contributed by atoms with Crippen LogP contribution in [-0.4, -0.2) is 97.1 Å². The lowest BCUT2D eigenvalue weighted by Crippen LogP contribution is -2.63. The van der Waals surface area contributed by atoms with E-state index in [1.807, 2.05) is 6.92 Å². The Hall–Kier alpha value is -1.63. The fourth-order valence-electron chi connectivity index (χ4n) is 5.01. The van der Waals surface area contributed by atoms with Crippen LogP contribution in [-0.2, 0) is 24.2 Å². The van der Waals surface area contributed by atoms with E-state index in [1.165, 1.54) is 21.6 Å². The molecule has 12 heteroatoms. The first-order valence-electron chi connectivity index (χ1n) is 10.7. The number of thioether (sulfide) groups is 1. The SMILES string of the molecule is C[C@@H](CS(=O)(=O)CCN)[C@H]1C(=O)N2C(C(=O)O)=C(SC3CNC(C(=O)N(C)C)C3)[C@H](C)[C@@H]12. The summed E-state index contributed by atoms with van der Waals surface area (Å²) in [5.41, 5.74) is 5.38. The fourth-order valence-corrected chi connectivity index (χ4v) is 8.02. The number of carbonyl (C=O) groups excluding carboxylic acids is 2. The molecule has 0 aromatic rings.